The summed E-state index contributed by atoms with van der Waals surface area (Å²) in [5.74, 6) is -1.30. The third-order valence-electron chi connectivity index (χ3n) is 2.80. The lowest BCUT2D eigenvalue weighted by atomic mass is 10.1. The molecule has 6 heteroatoms. The van der Waals surface area contributed by atoms with E-state index >= 15 is 0 Å². The maximum absolute atomic E-state index is 12.2. The first-order valence-electron chi connectivity index (χ1n) is 6.72. The third kappa shape index (κ3) is 4.59. The highest BCUT2D eigenvalue weighted by atomic mass is 16.5. The summed E-state index contributed by atoms with van der Waals surface area (Å²) in [6, 6.07) is 5.01. The highest BCUT2D eigenvalue weighted by Gasteiger charge is 2.21. The number of nitrogens with one attached hydrogen (secondary N) is 2. The van der Waals surface area contributed by atoms with E-state index in [1.807, 2.05) is 0 Å². The molecule has 0 aliphatic carbocycles. The Balaban J connectivity index is 2.94. The predicted molar refractivity (Wildman–Crippen MR) is 79.0 cm³/mol. The standard InChI is InChI=1S/C15H20N2O4/c1-5-16-14(19)10(3)21-15(20)12-8-6-7-9(2)13(12)17-11(4)18/h6-8,10H,5H2,1-4H3,(H,16,19)(H,17,18). The second-order valence-corrected chi connectivity index (χ2v) is 4.62. The van der Waals surface area contributed by atoms with E-state index in [1.54, 1.807) is 32.0 Å². The number of anilines is 1. The second kappa shape index (κ2) is 7.42. The molecule has 2 N–H and O–H groups in total. The van der Waals surface area contributed by atoms with Crippen molar-refractivity contribution in [3.8, 4) is 0 Å². The molecule has 1 aromatic rings. The molecule has 0 spiro atoms. The monoisotopic (exact) mass is 292 g/mol. The summed E-state index contributed by atoms with van der Waals surface area (Å²) in [4.78, 5) is 35.0. The first kappa shape index (κ1) is 16.7. The molecule has 1 atom stereocenters. The maximum atomic E-state index is 12.2. The summed E-state index contributed by atoms with van der Waals surface area (Å²) in [7, 11) is 0. The van der Waals surface area contributed by atoms with Crippen molar-refractivity contribution in [2.45, 2.75) is 33.8 Å². The lowest BCUT2D eigenvalue weighted by molar-refractivity contribution is -0.129. The van der Waals surface area contributed by atoms with E-state index in [4.69, 9.17) is 4.74 Å². The summed E-state index contributed by atoms with van der Waals surface area (Å²) in [6.07, 6.45) is -0.900. The van der Waals surface area contributed by atoms with Gasteiger partial charge in [0.05, 0.1) is 11.3 Å². The zero-order chi connectivity index (χ0) is 16.0. The summed E-state index contributed by atoms with van der Waals surface area (Å²) in [5, 5.41) is 5.18. The molecule has 0 aliphatic rings. The van der Waals surface area contributed by atoms with Crippen molar-refractivity contribution in [2.75, 3.05) is 11.9 Å². The van der Waals surface area contributed by atoms with Gasteiger partial charge in [-0.25, -0.2) is 4.79 Å². The third-order valence-corrected chi connectivity index (χ3v) is 2.80. The van der Waals surface area contributed by atoms with Crippen LogP contribution in [0.1, 0.15) is 36.7 Å². The van der Waals surface area contributed by atoms with Crippen LogP contribution >= 0.6 is 0 Å². The van der Waals surface area contributed by atoms with E-state index in [0.717, 1.165) is 5.56 Å². The second-order valence-electron chi connectivity index (χ2n) is 4.62. The van der Waals surface area contributed by atoms with Gasteiger partial charge < -0.3 is 15.4 Å². The normalized spacial score (nSPS) is 11.4. The molecule has 0 aliphatic heterocycles. The number of carbonyl (C=O) groups is 3. The number of amides is 2. The molecule has 0 fully saturated rings. The Morgan fingerprint density at radius 3 is 2.52 bits per heavy atom. The van der Waals surface area contributed by atoms with Crippen molar-refractivity contribution in [1.82, 2.24) is 5.32 Å². The van der Waals surface area contributed by atoms with Crippen molar-refractivity contribution < 1.29 is 19.1 Å². The molecule has 0 saturated heterocycles. The van der Waals surface area contributed by atoms with E-state index in [1.165, 1.54) is 13.8 Å². The molecule has 0 aromatic heterocycles. The fraction of sp³-hybridized carbons (Fsp3) is 0.400. The van der Waals surface area contributed by atoms with Gasteiger partial charge in [0.1, 0.15) is 0 Å². The lowest BCUT2D eigenvalue weighted by Gasteiger charge is -2.15. The number of hydrogen-bond acceptors (Lipinski definition) is 4. The van der Waals surface area contributed by atoms with Gasteiger partial charge in [-0.1, -0.05) is 12.1 Å². The molecule has 21 heavy (non-hydrogen) atoms. The first-order chi connectivity index (χ1) is 9.86. The van der Waals surface area contributed by atoms with Crippen molar-refractivity contribution >= 4 is 23.5 Å². The average Bonchev–Trinajstić information content (AvgIpc) is 2.40. The van der Waals surface area contributed by atoms with Gasteiger partial charge in [-0.2, -0.15) is 0 Å². The number of likely N-dealkylation sites (N-methyl/N-ethyl adjacent to an activating group) is 1. The molecule has 6 nitrogen and oxygen atoms in total. The summed E-state index contributed by atoms with van der Waals surface area (Å²) in [5.41, 5.74) is 1.37. The molecule has 114 valence electrons. The van der Waals surface area contributed by atoms with Crippen LogP contribution in [0.25, 0.3) is 0 Å². The Morgan fingerprint density at radius 2 is 1.95 bits per heavy atom. The number of rotatable bonds is 5. The van der Waals surface area contributed by atoms with Gasteiger partial charge >= 0.3 is 5.97 Å². The van der Waals surface area contributed by atoms with Crippen LogP contribution in [0.3, 0.4) is 0 Å². The van der Waals surface area contributed by atoms with Gasteiger partial charge in [0.15, 0.2) is 6.10 Å². The molecule has 1 aromatic carbocycles. The molecular formula is C15H20N2O4. The van der Waals surface area contributed by atoms with E-state index in [2.05, 4.69) is 10.6 Å². The summed E-state index contributed by atoms with van der Waals surface area (Å²) >= 11 is 0. The number of para-hydroxylation sites is 1. The molecule has 0 heterocycles. The quantitative estimate of drug-likeness (QED) is 0.808. The fourth-order valence-corrected chi connectivity index (χ4v) is 1.78. The van der Waals surface area contributed by atoms with E-state index in [9.17, 15) is 14.4 Å². The van der Waals surface area contributed by atoms with Crippen LogP contribution in [-0.2, 0) is 14.3 Å². The van der Waals surface area contributed by atoms with Crippen LogP contribution < -0.4 is 10.6 Å². The van der Waals surface area contributed by atoms with Crippen LogP contribution in [-0.4, -0.2) is 30.4 Å². The van der Waals surface area contributed by atoms with E-state index in [0.29, 0.717) is 12.2 Å². The van der Waals surface area contributed by atoms with Gasteiger partial charge in [-0.15, -0.1) is 0 Å². The van der Waals surface area contributed by atoms with Gasteiger partial charge in [0.2, 0.25) is 5.91 Å². The van der Waals surface area contributed by atoms with Crippen molar-refractivity contribution in [3.05, 3.63) is 29.3 Å². The number of benzene rings is 1. The smallest absolute Gasteiger partial charge is 0.341 e. The summed E-state index contributed by atoms with van der Waals surface area (Å²) in [6.45, 7) is 6.87. The minimum atomic E-state index is -0.900. The molecule has 2 amide bonds. The van der Waals surface area contributed by atoms with Crippen LogP contribution in [0.4, 0.5) is 5.69 Å². The molecule has 0 bridgehead atoms. The van der Waals surface area contributed by atoms with Crippen LogP contribution in [0.15, 0.2) is 18.2 Å². The van der Waals surface area contributed by atoms with Gasteiger partial charge in [-0.3, -0.25) is 9.59 Å². The minimum Gasteiger partial charge on any atom is -0.449 e. The molecule has 1 unspecified atom stereocenters. The van der Waals surface area contributed by atoms with Crippen molar-refractivity contribution in [1.29, 1.82) is 0 Å². The zero-order valence-electron chi connectivity index (χ0n) is 12.6. The van der Waals surface area contributed by atoms with Crippen LogP contribution in [0.2, 0.25) is 0 Å². The Kier molecular flexibility index (Phi) is 5.90. The van der Waals surface area contributed by atoms with E-state index in [-0.39, 0.29) is 17.4 Å². The highest BCUT2D eigenvalue weighted by molar-refractivity contribution is 6.02. The number of ether oxygens (including phenoxy) is 1. The van der Waals surface area contributed by atoms with Gasteiger partial charge in [-0.05, 0) is 32.4 Å². The van der Waals surface area contributed by atoms with Gasteiger partial charge in [0, 0.05) is 13.5 Å². The van der Waals surface area contributed by atoms with Gasteiger partial charge in [0.25, 0.3) is 5.91 Å². The maximum Gasteiger partial charge on any atom is 0.341 e. The molecular weight excluding hydrogens is 272 g/mol. The Bertz CT molecular complexity index is 555. The molecule has 0 radical (unpaired) electrons. The highest BCUT2D eigenvalue weighted by Crippen LogP contribution is 2.22. The molecule has 0 saturated carbocycles. The average molecular weight is 292 g/mol. The van der Waals surface area contributed by atoms with Crippen LogP contribution in [0, 0.1) is 6.92 Å². The SMILES string of the molecule is CCNC(=O)C(C)OC(=O)c1cccc(C)c1NC(C)=O. The largest absolute Gasteiger partial charge is 0.449 e. The molecule has 1 rings (SSSR count). The Labute approximate surface area is 123 Å². The first-order valence-corrected chi connectivity index (χ1v) is 6.72. The Hall–Kier alpha value is -2.37. The van der Waals surface area contributed by atoms with Crippen LogP contribution in [0.5, 0.6) is 0 Å². The zero-order valence-corrected chi connectivity index (χ0v) is 12.6. The number of aryl methyl sites for hydroxylation is 1. The lowest BCUT2D eigenvalue weighted by Crippen LogP contribution is -2.35. The summed E-state index contributed by atoms with van der Waals surface area (Å²) < 4.78 is 5.13. The number of carbonyl (C=O) groups excluding carboxylic acids is 3. The topological polar surface area (TPSA) is 84.5 Å². The number of esters is 1. The fourth-order valence-electron chi connectivity index (χ4n) is 1.78. The number of hydrogen-bond donors (Lipinski definition) is 2. The Morgan fingerprint density at radius 1 is 1.29 bits per heavy atom. The minimum absolute atomic E-state index is 0.223. The van der Waals surface area contributed by atoms with Crippen molar-refractivity contribution in [3.63, 3.8) is 0 Å². The van der Waals surface area contributed by atoms with E-state index < -0.39 is 12.1 Å². The van der Waals surface area contributed by atoms with Crippen molar-refractivity contribution in [2.24, 2.45) is 0 Å². The predicted octanol–water partition coefficient (Wildman–Crippen LogP) is 1.63.